The highest BCUT2D eigenvalue weighted by Crippen LogP contribution is 2.31. The molecule has 0 spiro atoms. The van der Waals surface area contributed by atoms with Gasteiger partial charge in [-0.05, 0) is 25.0 Å². The lowest BCUT2D eigenvalue weighted by Crippen LogP contribution is -2.25. The van der Waals surface area contributed by atoms with Crippen LogP contribution in [0, 0.1) is 0 Å². The first-order valence-electron chi connectivity index (χ1n) is 7.58. The van der Waals surface area contributed by atoms with Gasteiger partial charge in [-0.1, -0.05) is 12.1 Å². The van der Waals surface area contributed by atoms with E-state index in [1.807, 2.05) is 29.6 Å². The first-order valence-corrected chi connectivity index (χ1v) is 8.46. The van der Waals surface area contributed by atoms with E-state index in [2.05, 4.69) is 10.3 Å². The van der Waals surface area contributed by atoms with Crippen LogP contribution in [0.2, 0.25) is 0 Å². The third-order valence-electron chi connectivity index (χ3n) is 3.34. The molecule has 5 nitrogen and oxygen atoms in total. The number of rotatable bonds is 9. The Morgan fingerprint density at radius 2 is 2.13 bits per heavy atom. The summed E-state index contributed by atoms with van der Waals surface area (Å²) in [6.07, 6.45) is 1.92. The molecular weight excluding hydrogens is 312 g/mol. The smallest absolute Gasteiger partial charge is 0.220 e. The quantitative estimate of drug-likeness (QED) is 0.716. The normalized spacial score (nSPS) is 10.5. The zero-order chi connectivity index (χ0) is 16.5. The topological polar surface area (TPSA) is 60.5 Å². The van der Waals surface area contributed by atoms with Crippen molar-refractivity contribution in [3.63, 3.8) is 0 Å². The number of hydrogen-bond donors (Lipinski definition) is 1. The number of ether oxygens (including phenoxy) is 2. The van der Waals surface area contributed by atoms with E-state index in [-0.39, 0.29) is 5.91 Å². The summed E-state index contributed by atoms with van der Waals surface area (Å²) in [7, 11) is 3.31. The molecule has 23 heavy (non-hydrogen) atoms. The molecule has 0 unspecified atom stereocenters. The molecule has 1 N–H and O–H groups in total. The first kappa shape index (κ1) is 17.4. The molecule has 0 saturated carbocycles. The third kappa shape index (κ3) is 5.33. The van der Waals surface area contributed by atoms with Gasteiger partial charge in [-0.2, -0.15) is 0 Å². The maximum Gasteiger partial charge on any atom is 0.220 e. The maximum atomic E-state index is 11.8. The van der Waals surface area contributed by atoms with Crippen LogP contribution in [-0.2, 0) is 16.0 Å². The highest BCUT2D eigenvalue weighted by molar-refractivity contribution is 7.13. The fraction of sp³-hybridized carbons (Fsp3) is 0.412. The lowest BCUT2D eigenvalue weighted by atomic mass is 10.2. The second-order valence-corrected chi connectivity index (χ2v) is 5.90. The Morgan fingerprint density at radius 3 is 2.91 bits per heavy atom. The molecule has 6 heteroatoms. The van der Waals surface area contributed by atoms with Gasteiger partial charge in [0.15, 0.2) is 0 Å². The van der Waals surface area contributed by atoms with Crippen molar-refractivity contribution in [2.45, 2.75) is 19.3 Å². The summed E-state index contributed by atoms with van der Waals surface area (Å²) < 4.78 is 10.3. The number of amides is 1. The van der Waals surface area contributed by atoms with Crippen molar-refractivity contribution in [2.75, 3.05) is 27.4 Å². The van der Waals surface area contributed by atoms with E-state index in [1.54, 1.807) is 25.6 Å². The van der Waals surface area contributed by atoms with E-state index in [9.17, 15) is 4.79 Å². The predicted octanol–water partition coefficient (Wildman–Crippen LogP) is 2.90. The molecule has 2 aromatic rings. The number of nitrogens with zero attached hydrogens (tertiary/aromatic N) is 1. The molecule has 2 rings (SSSR count). The molecule has 0 radical (unpaired) electrons. The second kappa shape index (κ2) is 9.27. The summed E-state index contributed by atoms with van der Waals surface area (Å²) in [5.41, 5.74) is 1.92. The van der Waals surface area contributed by atoms with Crippen LogP contribution < -0.4 is 10.1 Å². The Balaban J connectivity index is 1.86. The van der Waals surface area contributed by atoms with Crippen molar-refractivity contribution < 1.29 is 14.3 Å². The number of para-hydroxylation sites is 1. The van der Waals surface area contributed by atoms with E-state index in [1.165, 1.54) is 0 Å². The number of thiazole rings is 1. The second-order valence-electron chi connectivity index (χ2n) is 5.04. The van der Waals surface area contributed by atoms with Crippen LogP contribution in [0.15, 0.2) is 29.6 Å². The molecule has 1 aromatic heterocycles. The third-order valence-corrected chi connectivity index (χ3v) is 4.27. The fourth-order valence-electron chi connectivity index (χ4n) is 2.14. The van der Waals surface area contributed by atoms with Gasteiger partial charge in [0.1, 0.15) is 10.8 Å². The van der Waals surface area contributed by atoms with Gasteiger partial charge < -0.3 is 14.8 Å². The minimum Gasteiger partial charge on any atom is -0.496 e. The fourth-order valence-corrected chi connectivity index (χ4v) is 3.02. The molecule has 0 aliphatic carbocycles. The molecule has 124 valence electrons. The minimum absolute atomic E-state index is 0.0490. The van der Waals surface area contributed by atoms with E-state index in [4.69, 9.17) is 9.47 Å². The van der Waals surface area contributed by atoms with Crippen LogP contribution in [0.1, 0.15) is 18.5 Å². The Labute approximate surface area is 140 Å². The Morgan fingerprint density at radius 1 is 1.30 bits per heavy atom. The van der Waals surface area contributed by atoms with E-state index in [0.29, 0.717) is 26.0 Å². The van der Waals surface area contributed by atoms with Gasteiger partial charge in [-0.15, -0.1) is 11.3 Å². The molecule has 0 aliphatic rings. The molecule has 0 aliphatic heterocycles. The average molecular weight is 334 g/mol. The zero-order valence-corrected chi connectivity index (χ0v) is 14.3. The zero-order valence-electron chi connectivity index (χ0n) is 13.5. The molecule has 0 atom stereocenters. The predicted molar refractivity (Wildman–Crippen MR) is 91.9 cm³/mol. The summed E-state index contributed by atoms with van der Waals surface area (Å²) in [5, 5.41) is 5.80. The van der Waals surface area contributed by atoms with E-state index >= 15 is 0 Å². The van der Waals surface area contributed by atoms with Crippen LogP contribution in [0.5, 0.6) is 5.75 Å². The summed E-state index contributed by atoms with van der Waals surface area (Å²) in [6.45, 7) is 1.31. The molecule has 1 heterocycles. The molecule has 0 bridgehead atoms. The summed E-state index contributed by atoms with van der Waals surface area (Å²) in [6, 6.07) is 7.81. The van der Waals surface area contributed by atoms with Crippen molar-refractivity contribution in [3.8, 4) is 16.3 Å². The number of aryl methyl sites for hydroxylation is 1. The van der Waals surface area contributed by atoms with Gasteiger partial charge in [0, 0.05) is 32.1 Å². The van der Waals surface area contributed by atoms with Gasteiger partial charge in [0.25, 0.3) is 0 Å². The molecule has 1 aromatic carbocycles. The molecule has 1 amide bonds. The van der Waals surface area contributed by atoms with Crippen molar-refractivity contribution in [1.29, 1.82) is 0 Å². The van der Waals surface area contributed by atoms with Gasteiger partial charge in [-0.3, -0.25) is 4.79 Å². The van der Waals surface area contributed by atoms with E-state index < -0.39 is 0 Å². The summed E-state index contributed by atoms with van der Waals surface area (Å²) >= 11 is 1.57. The Bertz CT molecular complexity index is 628. The monoisotopic (exact) mass is 334 g/mol. The number of benzene rings is 1. The van der Waals surface area contributed by atoms with Crippen LogP contribution >= 0.6 is 11.3 Å². The van der Waals surface area contributed by atoms with Crippen molar-refractivity contribution in [3.05, 3.63) is 35.3 Å². The van der Waals surface area contributed by atoms with Gasteiger partial charge in [0.2, 0.25) is 5.91 Å². The van der Waals surface area contributed by atoms with Gasteiger partial charge >= 0.3 is 0 Å². The number of aromatic nitrogens is 1. The van der Waals surface area contributed by atoms with Gasteiger partial charge in [-0.25, -0.2) is 4.98 Å². The highest BCUT2D eigenvalue weighted by Gasteiger charge is 2.10. The largest absolute Gasteiger partial charge is 0.496 e. The average Bonchev–Trinajstić information content (AvgIpc) is 3.05. The maximum absolute atomic E-state index is 11.8. The number of carbonyl (C=O) groups excluding carboxylic acids is 1. The van der Waals surface area contributed by atoms with Crippen LogP contribution in [0.3, 0.4) is 0 Å². The Hall–Kier alpha value is -1.92. The standard InChI is InChI=1S/C17H22N2O3S/c1-21-11-5-10-18-16(20)9-8-13-12-23-17(19-13)14-6-3-4-7-15(14)22-2/h3-4,6-7,12H,5,8-11H2,1-2H3,(H,18,20). The number of methoxy groups -OCH3 is 2. The SMILES string of the molecule is COCCCNC(=O)CCc1csc(-c2ccccc2OC)n1. The highest BCUT2D eigenvalue weighted by atomic mass is 32.1. The molecule has 0 fully saturated rings. The van der Waals surface area contributed by atoms with Crippen molar-refractivity contribution in [1.82, 2.24) is 10.3 Å². The number of hydrogen-bond acceptors (Lipinski definition) is 5. The van der Waals surface area contributed by atoms with E-state index in [0.717, 1.165) is 28.4 Å². The first-order chi connectivity index (χ1) is 11.2. The minimum atomic E-state index is 0.0490. The Kier molecular flexibility index (Phi) is 7.03. The van der Waals surface area contributed by atoms with Crippen molar-refractivity contribution in [2.24, 2.45) is 0 Å². The van der Waals surface area contributed by atoms with Crippen molar-refractivity contribution >= 4 is 17.2 Å². The van der Waals surface area contributed by atoms with Crippen LogP contribution in [-0.4, -0.2) is 38.3 Å². The summed E-state index contributed by atoms with van der Waals surface area (Å²) in [5.74, 6) is 0.859. The van der Waals surface area contributed by atoms with Gasteiger partial charge in [0.05, 0.1) is 18.4 Å². The lowest BCUT2D eigenvalue weighted by Gasteiger charge is -2.05. The lowest BCUT2D eigenvalue weighted by molar-refractivity contribution is -0.121. The van der Waals surface area contributed by atoms with Crippen LogP contribution in [0.4, 0.5) is 0 Å². The molecular formula is C17H22N2O3S. The summed E-state index contributed by atoms with van der Waals surface area (Å²) in [4.78, 5) is 16.4. The van der Waals surface area contributed by atoms with Crippen LogP contribution in [0.25, 0.3) is 10.6 Å². The number of carbonyl (C=O) groups is 1. The number of nitrogens with one attached hydrogen (secondary N) is 1. The molecule has 0 saturated heterocycles.